The molecule has 1 fully saturated rings. The second kappa shape index (κ2) is 6.79. The molecule has 28 heavy (non-hydrogen) atoms. The Morgan fingerprint density at radius 1 is 1.39 bits per heavy atom. The van der Waals surface area contributed by atoms with Gasteiger partial charge in [-0.1, -0.05) is 0 Å². The summed E-state index contributed by atoms with van der Waals surface area (Å²) in [5, 5.41) is 23.3. The van der Waals surface area contributed by atoms with Gasteiger partial charge in [-0.25, -0.2) is 19.1 Å². The zero-order valence-electron chi connectivity index (χ0n) is 14.5. The molecule has 2 aliphatic heterocycles. The Morgan fingerprint density at radius 2 is 2.14 bits per heavy atom. The van der Waals surface area contributed by atoms with Crippen LogP contribution in [0.1, 0.15) is 16.1 Å². The van der Waals surface area contributed by atoms with Gasteiger partial charge in [0.05, 0.1) is 6.20 Å². The van der Waals surface area contributed by atoms with E-state index in [2.05, 4.69) is 10.1 Å². The number of amides is 1. The molecule has 0 aliphatic carbocycles. The fourth-order valence-corrected chi connectivity index (χ4v) is 5.65. The van der Waals surface area contributed by atoms with E-state index in [1.807, 2.05) is 0 Å². The first kappa shape index (κ1) is 18.8. The summed E-state index contributed by atoms with van der Waals surface area (Å²) >= 11 is 2.75. The first-order valence-corrected chi connectivity index (χ1v) is 10.2. The van der Waals surface area contributed by atoms with Gasteiger partial charge in [-0.2, -0.15) is 5.10 Å². The molecule has 0 bridgehead atoms. The SMILES string of the molecule is Cc1cc(SCC2=C(C(=O)O)N3C(=O)C(N)[C@@H]3SC2)n2ncc(C(=O)O)c2n1. The number of nitrogens with zero attached hydrogens (tertiary/aromatic N) is 4. The molecule has 1 saturated heterocycles. The Labute approximate surface area is 166 Å². The van der Waals surface area contributed by atoms with Crippen molar-refractivity contribution in [3.63, 3.8) is 0 Å². The summed E-state index contributed by atoms with van der Waals surface area (Å²) in [5.41, 5.74) is 7.18. The van der Waals surface area contributed by atoms with E-state index >= 15 is 0 Å². The highest BCUT2D eigenvalue weighted by atomic mass is 32.2. The molecule has 2 aliphatic rings. The number of aryl methyl sites for hydroxylation is 1. The van der Waals surface area contributed by atoms with Crippen LogP contribution in [0.3, 0.4) is 0 Å². The number of hydrogen-bond acceptors (Lipinski definition) is 8. The number of aromatic nitrogens is 3. The third-order valence-electron chi connectivity index (χ3n) is 4.48. The number of carbonyl (C=O) groups excluding carboxylic acids is 1. The third kappa shape index (κ3) is 2.84. The van der Waals surface area contributed by atoms with Gasteiger partial charge in [-0.15, -0.1) is 23.5 Å². The molecule has 0 spiro atoms. The van der Waals surface area contributed by atoms with Crippen molar-refractivity contribution in [3.05, 3.63) is 34.8 Å². The van der Waals surface area contributed by atoms with Crippen LogP contribution in [0.4, 0.5) is 0 Å². The van der Waals surface area contributed by atoms with Crippen LogP contribution in [0.25, 0.3) is 5.65 Å². The Morgan fingerprint density at radius 3 is 2.82 bits per heavy atom. The van der Waals surface area contributed by atoms with Crippen LogP contribution in [0.15, 0.2) is 28.6 Å². The second-order valence-corrected chi connectivity index (χ2v) is 8.42. The molecular formula is C16H15N5O5S2. The van der Waals surface area contributed by atoms with Crippen molar-refractivity contribution in [3.8, 4) is 0 Å². The molecule has 146 valence electrons. The van der Waals surface area contributed by atoms with Gasteiger partial charge in [0.1, 0.15) is 27.7 Å². The minimum atomic E-state index is -1.16. The predicted molar refractivity (Wildman–Crippen MR) is 101 cm³/mol. The summed E-state index contributed by atoms with van der Waals surface area (Å²) in [5.74, 6) is -1.92. The van der Waals surface area contributed by atoms with E-state index in [9.17, 15) is 24.6 Å². The number of carbonyl (C=O) groups is 3. The summed E-state index contributed by atoms with van der Waals surface area (Å²) in [6, 6.07) is 1.08. The summed E-state index contributed by atoms with van der Waals surface area (Å²) < 4.78 is 1.42. The molecule has 12 heteroatoms. The number of aliphatic carboxylic acids is 1. The number of carboxylic acids is 2. The van der Waals surface area contributed by atoms with Crippen LogP contribution >= 0.6 is 23.5 Å². The lowest BCUT2D eigenvalue weighted by Gasteiger charge is -2.48. The minimum Gasteiger partial charge on any atom is -0.477 e. The predicted octanol–water partition coefficient (Wildman–Crippen LogP) is 0.409. The number of carboxylic acid groups (broad SMARTS) is 2. The molecule has 0 aromatic carbocycles. The highest BCUT2D eigenvalue weighted by Crippen LogP contribution is 2.40. The molecule has 0 saturated carbocycles. The lowest BCUT2D eigenvalue weighted by Crippen LogP contribution is -2.68. The molecule has 1 unspecified atom stereocenters. The Hall–Kier alpha value is -2.57. The van der Waals surface area contributed by atoms with E-state index < -0.39 is 23.9 Å². The van der Waals surface area contributed by atoms with E-state index in [0.717, 1.165) is 0 Å². The van der Waals surface area contributed by atoms with Crippen LogP contribution in [0.2, 0.25) is 0 Å². The number of aromatic carboxylic acids is 1. The second-order valence-electron chi connectivity index (χ2n) is 6.32. The number of thioether (sulfide) groups is 2. The molecule has 2 atom stereocenters. The average molecular weight is 421 g/mol. The van der Waals surface area contributed by atoms with Gasteiger partial charge in [-0.3, -0.25) is 9.69 Å². The van der Waals surface area contributed by atoms with Crippen molar-refractivity contribution in [2.24, 2.45) is 5.73 Å². The van der Waals surface area contributed by atoms with Crippen LogP contribution in [-0.2, 0) is 9.59 Å². The van der Waals surface area contributed by atoms with Crippen molar-refractivity contribution in [1.82, 2.24) is 19.5 Å². The van der Waals surface area contributed by atoms with Crippen LogP contribution in [-0.4, -0.2) is 70.5 Å². The monoisotopic (exact) mass is 421 g/mol. The van der Waals surface area contributed by atoms with Crippen molar-refractivity contribution >= 4 is 47.0 Å². The van der Waals surface area contributed by atoms with Gasteiger partial charge in [0.2, 0.25) is 5.91 Å². The minimum absolute atomic E-state index is 0.00721. The van der Waals surface area contributed by atoms with Gasteiger partial charge in [-0.05, 0) is 18.6 Å². The standard InChI is InChI=1S/C16H15N5O5S2/c1-6-2-9(21-12(19-6)8(3-18-21)15(23)24)27-4-7-5-28-14-10(17)13(22)20(14)11(7)16(25)26/h2-3,10,14H,4-5,17H2,1H3,(H,23,24)(H,25,26)/t10?,14-/m0/s1. The molecular weight excluding hydrogens is 406 g/mol. The topological polar surface area (TPSA) is 151 Å². The summed E-state index contributed by atoms with van der Waals surface area (Å²) in [6.07, 6.45) is 1.23. The van der Waals surface area contributed by atoms with Crippen molar-refractivity contribution in [2.75, 3.05) is 11.5 Å². The van der Waals surface area contributed by atoms with Crippen molar-refractivity contribution in [1.29, 1.82) is 0 Å². The van der Waals surface area contributed by atoms with E-state index in [1.165, 1.54) is 39.1 Å². The fraction of sp³-hybridized carbons (Fsp3) is 0.312. The normalized spacial score (nSPS) is 21.6. The van der Waals surface area contributed by atoms with Gasteiger partial charge in [0.25, 0.3) is 0 Å². The Balaban J connectivity index is 1.66. The van der Waals surface area contributed by atoms with Crippen LogP contribution < -0.4 is 5.73 Å². The van der Waals surface area contributed by atoms with Crippen molar-refractivity contribution < 1.29 is 24.6 Å². The summed E-state index contributed by atoms with van der Waals surface area (Å²) in [6.45, 7) is 1.74. The van der Waals surface area contributed by atoms with E-state index in [-0.39, 0.29) is 22.3 Å². The number of β-lactam (4-membered cyclic amide) rings is 1. The number of rotatable bonds is 5. The van der Waals surface area contributed by atoms with Gasteiger partial charge in [0, 0.05) is 17.2 Å². The molecule has 1 amide bonds. The molecule has 2 aromatic heterocycles. The number of nitrogens with two attached hydrogens (primary N) is 1. The maximum Gasteiger partial charge on any atom is 0.352 e. The average Bonchev–Trinajstić information content (AvgIpc) is 3.08. The zero-order valence-corrected chi connectivity index (χ0v) is 16.2. The molecule has 4 heterocycles. The quantitative estimate of drug-likeness (QED) is 0.352. The number of fused-ring (bicyclic) bond motifs is 2. The maximum atomic E-state index is 12.0. The molecule has 4 N–H and O–H groups in total. The van der Waals surface area contributed by atoms with Crippen LogP contribution in [0.5, 0.6) is 0 Å². The van der Waals surface area contributed by atoms with Crippen LogP contribution in [0, 0.1) is 6.92 Å². The fourth-order valence-electron chi connectivity index (χ4n) is 3.16. The first-order chi connectivity index (χ1) is 13.3. The smallest absolute Gasteiger partial charge is 0.352 e. The lowest BCUT2D eigenvalue weighted by atomic mass is 10.0. The van der Waals surface area contributed by atoms with Gasteiger partial charge in [0.15, 0.2) is 5.65 Å². The molecule has 10 nitrogen and oxygen atoms in total. The Kier molecular flexibility index (Phi) is 4.56. The number of hydrogen-bond donors (Lipinski definition) is 3. The van der Waals surface area contributed by atoms with Gasteiger partial charge < -0.3 is 15.9 Å². The van der Waals surface area contributed by atoms with E-state index in [4.69, 9.17) is 5.73 Å². The first-order valence-electron chi connectivity index (χ1n) is 8.16. The largest absolute Gasteiger partial charge is 0.477 e. The molecule has 4 rings (SSSR count). The zero-order chi connectivity index (χ0) is 20.2. The van der Waals surface area contributed by atoms with Gasteiger partial charge >= 0.3 is 11.9 Å². The van der Waals surface area contributed by atoms with Crippen molar-refractivity contribution in [2.45, 2.75) is 23.4 Å². The molecule has 0 radical (unpaired) electrons. The highest BCUT2D eigenvalue weighted by molar-refractivity contribution is 8.01. The summed E-state index contributed by atoms with van der Waals surface area (Å²) in [7, 11) is 0. The third-order valence-corrected chi connectivity index (χ3v) is 6.92. The maximum absolute atomic E-state index is 12.0. The lowest BCUT2D eigenvalue weighted by molar-refractivity contribution is -0.147. The van der Waals surface area contributed by atoms with E-state index in [0.29, 0.717) is 27.8 Å². The highest BCUT2D eigenvalue weighted by Gasteiger charge is 2.51. The Bertz CT molecular complexity index is 1070. The van der Waals surface area contributed by atoms with E-state index in [1.54, 1.807) is 13.0 Å². The molecule has 2 aromatic rings. The summed E-state index contributed by atoms with van der Waals surface area (Å²) in [4.78, 5) is 40.6.